The van der Waals surface area contributed by atoms with E-state index in [1.54, 1.807) is 19.1 Å². The summed E-state index contributed by atoms with van der Waals surface area (Å²) < 4.78 is 10.2. The predicted octanol–water partition coefficient (Wildman–Crippen LogP) is 2.60. The van der Waals surface area contributed by atoms with Crippen LogP contribution in [0.2, 0.25) is 5.02 Å². The fraction of sp³-hybridized carbons (Fsp3) is 0.231. The molecule has 0 fully saturated rings. The molecule has 1 aromatic carbocycles. The number of amides is 2. The van der Waals surface area contributed by atoms with Crippen molar-refractivity contribution >= 4 is 34.1 Å². The van der Waals surface area contributed by atoms with Crippen LogP contribution in [-0.2, 0) is 0 Å². The highest BCUT2D eigenvalue weighted by Gasteiger charge is 2.14. The molecule has 2 amide bonds. The second-order valence-electron chi connectivity index (χ2n) is 3.89. The monoisotopic (exact) mass is 296 g/mol. The number of anilines is 1. The Morgan fingerprint density at radius 3 is 2.80 bits per heavy atom. The number of urea groups is 1. The molecule has 0 saturated carbocycles. The number of benzene rings is 1. The van der Waals surface area contributed by atoms with Gasteiger partial charge < -0.3 is 19.8 Å². The van der Waals surface area contributed by atoms with Crippen molar-refractivity contribution in [2.45, 2.75) is 6.92 Å². The Labute approximate surface area is 119 Å². The maximum Gasteiger partial charge on any atom is 0.346 e. The van der Waals surface area contributed by atoms with E-state index in [0.29, 0.717) is 17.7 Å². The van der Waals surface area contributed by atoms with Gasteiger partial charge in [0.2, 0.25) is 0 Å². The number of nitrogens with one attached hydrogen (secondary N) is 2. The summed E-state index contributed by atoms with van der Waals surface area (Å²) in [5.74, 6) is -0.00122. The van der Waals surface area contributed by atoms with Crippen molar-refractivity contribution in [1.82, 2.24) is 5.32 Å². The molecule has 0 aliphatic carbocycles. The summed E-state index contributed by atoms with van der Waals surface area (Å²) >= 11 is 6.12. The van der Waals surface area contributed by atoms with Crippen molar-refractivity contribution in [1.29, 1.82) is 0 Å². The highest BCUT2D eigenvalue weighted by atomic mass is 35.5. The van der Waals surface area contributed by atoms with Crippen LogP contribution in [0.25, 0.3) is 10.8 Å². The van der Waals surface area contributed by atoms with Gasteiger partial charge in [-0.2, -0.15) is 0 Å². The first-order valence-corrected chi connectivity index (χ1v) is 6.32. The summed E-state index contributed by atoms with van der Waals surface area (Å²) in [4.78, 5) is 23.1. The van der Waals surface area contributed by atoms with Crippen LogP contribution in [0.3, 0.4) is 0 Å². The Morgan fingerprint density at radius 2 is 2.15 bits per heavy atom. The lowest BCUT2D eigenvalue weighted by Crippen LogP contribution is -2.24. The maximum absolute atomic E-state index is 11.9. The van der Waals surface area contributed by atoms with Gasteiger partial charge >= 0.3 is 17.6 Å². The number of fused-ring (bicyclic) bond motifs is 1. The van der Waals surface area contributed by atoms with Crippen molar-refractivity contribution in [3.63, 3.8) is 0 Å². The van der Waals surface area contributed by atoms with E-state index in [0.717, 1.165) is 0 Å². The highest BCUT2D eigenvalue weighted by Crippen LogP contribution is 2.31. The average Bonchev–Trinajstić information content (AvgIpc) is 2.44. The van der Waals surface area contributed by atoms with E-state index < -0.39 is 5.63 Å². The summed E-state index contributed by atoms with van der Waals surface area (Å²) in [6, 6.07) is 4.38. The van der Waals surface area contributed by atoms with E-state index in [9.17, 15) is 9.59 Å². The first-order chi connectivity index (χ1) is 9.56. The SMILES string of the molecule is CCOc1oc(=O)c2cc(NC(=O)NC)ccc2c1Cl. The van der Waals surface area contributed by atoms with Crippen LogP contribution in [0.5, 0.6) is 5.95 Å². The van der Waals surface area contributed by atoms with Gasteiger partial charge in [-0.15, -0.1) is 0 Å². The summed E-state index contributed by atoms with van der Waals surface area (Å²) in [6.45, 7) is 2.10. The second-order valence-corrected chi connectivity index (χ2v) is 4.27. The molecule has 6 nitrogen and oxygen atoms in total. The van der Waals surface area contributed by atoms with E-state index in [2.05, 4.69) is 10.6 Å². The van der Waals surface area contributed by atoms with Gasteiger partial charge in [0.25, 0.3) is 0 Å². The second kappa shape index (κ2) is 5.83. The van der Waals surface area contributed by atoms with E-state index in [4.69, 9.17) is 20.8 Å². The van der Waals surface area contributed by atoms with Crippen molar-refractivity contribution in [3.8, 4) is 5.95 Å². The Morgan fingerprint density at radius 1 is 1.40 bits per heavy atom. The van der Waals surface area contributed by atoms with Crippen molar-refractivity contribution < 1.29 is 13.9 Å². The fourth-order valence-electron chi connectivity index (χ4n) is 1.69. The lowest BCUT2D eigenvalue weighted by atomic mass is 10.1. The zero-order valence-corrected chi connectivity index (χ0v) is 11.7. The molecule has 0 atom stereocenters. The molecule has 106 valence electrons. The molecular formula is C13H13ClN2O4. The molecule has 7 heteroatoms. The van der Waals surface area contributed by atoms with Crippen LogP contribution in [0.4, 0.5) is 10.5 Å². The molecule has 0 unspecified atom stereocenters. The van der Waals surface area contributed by atoms with E-state index >= 15 is 0 Å². The fourth-order valence-corrected chi connectivity index (χ4v) is 1.95. The van der Waals surface area contributed by atoms with Gasteiger partial charge in [-0.05, 0) is 19.1 Å². The number of carbonyl (C=O) groups excluding carboxylic acids is 1. The van der Waals surface area contributed by atoms with Crippen LogP contribution in [0.15, 0.2) is 27.4 Å². The number of hydrogen-bond donors (Lipinski definition) is 2. The average molecular weight is 297 g/mol. The molecule has 0 spiro atoms. The van der Waals surface area contributed by atoms with Gasteiger partial charge in [0.15, 0.2) is 0 Å². The van der Waals surface area contributed by atoms with E-state index in [1.807, 2.05) is 0 Å². The molecule has 2 N–H and O–H groups in total. The Hall–Kier alpha value is -2.21. The number of ether oxygens (including phenoxy) is 1. The largest absolute Gasteiger partial charge is 0.464 e. The van der Waals surface area contributed by atoms with Crippen LogP contribution in [0, 0.1) is 0 Å². The van der Waals surface area contributed by atoms with E-state index in [1.165, 1.54) is 13.1 Å². The molecule has 0 radical (unpaired) electrons. The predicted molar refractivity (Wildman–Crippen MR) is 76.7 cm³/mol. The molecule has 0 aliphatic heterocycles. The lowest BCUT2D eigenvalue weighted by Gasteiger charge is -2.08. The smallest absolute Gasteiger partial charge is 0.346 e. The molecular weight excluding hydrogens is 284 g/mol. The van der Waals surface area contributed by atoms with Crippen LogP contribution in [-0.4, -0.2) is 19.7 Å². The number of carbonyl (C=O) groups is 1. The molecule has 0 saturated heterocycles. The van der Waals surface area contributed by atoms with Gasteiger partial charge in [-0.3, -0.25) is 0 Å². The minimum absolute atomic E-state index is 0.00122. The standard InChI is InChI=1S/C13H13ClN2O4/c1-3-19-12-10(14)8-5-4-7(16-13(18)15-2)6-9(8)11(17)20-12/h4-6H,3H2,1-2H3,(H2,15,16,18). The Kier molecular flexibility index (Phi) is 4.14. The van der Waals surface area contributed by atoms with Crippen molar-refractivity contribution in [2.75, 3.05) is 19.0 Å². The molecule has 0 bridgehead atoms. The summed E-state index contributed by atoms with van der Waals surface area (Å²) in [7, 11) is 1.50. The van der Waals surface area contributed by atoms with Crippen LogP contribution < -0.4 is 21.0 Å². The Bertz CT molecular complexity index is 711. The van der Waals surface area contributed by atoms with Crippen LogP contribution >= 0.6 is 11.6 Å². The zero-order chi connectivity index (χ0) is 14.7. The molecule has 2 aromatic rings. The highest BCUT2D eigenvalue weighted by molar-refractivity contribution is 6.36. The number of hydrogen-bond acceptors (Lipinski definition) is 4. The molecule has 2 rings (SSSR count). The third-order valence-corrected chi connectivity index (χ3v) is 2.96. The minimum atomic E-state index is -0.576. The molecule has 1 heterocycles. The summed E-state index contributed by atoms with van der Waals surface area (Å²) in [5.41, 5.74) is -0.113. The van der Waals surface area contributed by atoms with Gasteiger partial charge in [0, 0.05) is 18.1 Å². The normalized spacial score (nSPS) is 10.3. The van der Waals surface area contributed by atoms with Gasteiger partial charge in [-0.25, -0.2) is 9.59 Å². The molecule has 20 heavy (non-hydrogen) atoms. The third kappa shape index (κ3) is 2.70. The lowest BCUT2D eigenvalue weighted by molar-refractivity contribution is 0.246. The first kappa shape index (κ1) is 14.2. The van der Waals surface area contributed by atoms with Gasteiger partial charge in [0.1, 0.15) is 5.02 Å². The molecule has 1 aromatic heterocycles. The van der Waals surface area contributed by atoms with Gasteiger partial charge in [0.05, 0.1) is 12.0 Å². The Balaban J connectivity index is 2.54. The van der Waals surface area contributed by atoms with Crippen molar-refractivity contribution in [2.24, 2.45) is 0 Å². The third-order valence-electron chi connectivity index (χ3n) is 2.60. The quantitative estimate of drug-likeness (QED) is 0.912. The topological polar surface area (TPSA) is 80.6 Å². The van der Waals surface area contributed by atoms with Crippen molar-refractivity contribution in [3.05, 3.63) is 33.6 Å². The maximum atomic E-state index is 11.9. The zero-order valence-electron chi connectivity index (χ0n) is 11.0. The van der Waals surface area contributed by atoms with Gasteiger partial charge in [-0.1, -0.05) is 17.7 Å². The summed E-state index contributed by atoms with van der Waals surface area (Å²) in [6.07, 6.45) is 0. The number of rotatable bonds is 3. The van der Waals surface area contributed by atoms with Crippen LogP contribution in [0.1, 0.15) is 6.92 Å². The molecule has 0 aliphatic rings. The minimum Gasteiger partial charge on any atom is -0.464 e. The number of halogens is 1. The first-order valence-electron chi connectivity index (χ1n) is 5.94. The van der Waals surface area contributed by atoms with E-state index in [-0.39, 0.29) is 22.4 Å². The summed E-state index contributed by atoms with van der Waals surface area (Å²) in [5, 5.41) is 5.99.